The van der Waals surface area contributed by atoms with Crippen LogP contribution in [0.3, 0.4) is 0 Å². The van der Waals surface area contributed by atoms with Crippen molar-refractivity contribution in [3.63, 3.8) is 0 Å². The molecule has 0 saturated heterocycles. The van der Waals surface area contributed by atoms with E-state index in [0.717, 1.165) is 0 Å². The summed E-state index contributed by atoms with van der Waals surface area (Å²) in [7, 11) is -3.47. The SMILES string of the molecule is CCN(CC)S(=O)(=O)c1ccc(/C=C/C(=O)OCCn2cccn2)cc1. The summed E-state index contributed by atoms with van der Waals surface area (Å²) in [5.41, 5.74) is 0.715. The fourth-order valence-corrected chi connectivity index (χ4v) is 3.81. The van der Waals surface area contributed by atoms with Gasteiger partial charge in [0.15, 0.2) is 0 Å². The van der Waals surface area contributed by atoms with Crippen LogP contribution in [0.15, 0.2) is 53.7 Å². The quantitative estimate of drug-likeness (QED) is 0.494. The van der Waals surface area contributed by atoms with Gasteiger partial charge in [0.25, 0.3) is 0 Å². The highest BCUT2D eigenvalue weighted by atomic mass is 32.2. The molecular weight excluding hydrogens is 354 g/mol. The number of nitrogens with zero attached hydrogens (tertiary/aromatic N) is 3. The molecule has 0 unspecified atom stereocenters. The Labute approximate surface area is 153 Å². The Hall–Kier alpha value is -2.45. The third-order valence-electron chi connectivity index (χ3n) is 3.76. The van der Waals surface area contributed by atoms with E-state index in [1.165, 1.54) is 22.5 Å². The van der Waals surface area contributed by atoms with E-state index in [2.05, 4.69) is 5.10 Å². The van der Waals surface area contributed by atoms with Gasteiger partial charge in [-0.05, 0) is 29.8 Å². The Bertz CT molecular complexity index is 824. The third kappa shape index (κ3) is 5.27. The van der Waals surface area contributed by atoms with Crippen LogP contribution in [0.4, 0.5) is 0 Å². The number of hydrogen-bond acceptors (Lipinski definition) is 5. The Kier molecular flexibility index (Phi) is 7.11. The van der Waals surface area contributed by atoms with Crippen molar-refractivity contribution in [3.8, 4) is 0 Å². The molecule has 0 aliphatic rings. The summed E-state index contributed by atoms with van der Waals surface area (Å²) in [5, 5.41) is 4.01. The molecule has 7 nitrogen and oxygen atoms in total. The van der Waals surface area contributed by atoms with E-state index in [-0.39, 0.29) is 11.5 Å². The third-order valence-corrected chi connectivity index (χ3v) is 5.82. The van der Waals surface area contributed by atoms with Crippen molar-refractivity contribution in [2.75, 3.05) is 19.7 Å². The van der Waals surface area contributed by atoms with Gasteiger partial charge in [0.1, 0.15) is 6.61 Å². The van der Waals surface area contributed by atoms with Gasteiger partial charge in [-0.2, -0.15) is 9.40 Å². The molecule has 26 heavy (non-hydrogen) atoms. The average molecular weight is 377 g/mol. The zero-order valence-corrected chi connectivity index (χ0v) is 15.7. The van der Waals surface area contributed by atoms with E-state index in [1.54, 1.807) is 55.2 Å². The molecule has 1 aromatic carbocycles. The maximum atomic E-state index is 12.4. The van der Waals surface area contributed by atoms with Gasteiger partial charge >= 0.3 is 5.97 Å². The van der Waals surface area contributed by atoms with Gasteiger partial charge in [0.05, 0.1) is 11.4 Å². The second-order valence-corrected chi connectivity index (χ2v) is 7.37. The van der Waals surface area contributed by atoms with Crippen molar-refractivity contribution in [1.29, 1.82) is 0 Å². The molecular formula is C18H23N3O4S. The number of sulfonamides is 1. The van der Waals surface area contributed by atoms with E-state index < -0.39 is 16.0 Å². The standard InChI is InChI=1S/C18H23N3O4S/c1-3-21(4-2)26(23,24)17-9-6-16(7-10-17)8-11-18(22)25-15-14-20-13-5-12-19-20/h5-13H,3-4,14-15H2,1-2H3/b11-8+. The lowest BCUT2D eigenvalue weighted by Gasteiger charge is -2.18. The van der Waals surface area contributed by atoms with Gasteiger partial charge in [-0.1, -0.05) is 26.0 Å². The smallest absolute Gasteiger partial charge is 0.330 e. The Balaban J connectivity index is 1.91. The van der Waals surface area contributed by atoms with Crippen LogP contribution in [0.25, 0.3) is 6.08 Å². The van der Waals surface area contributed by atoms with Gasteiger partial charge < -0.3 is 4.74 Å². The summed E-state index contributed by atoms with van der Waals surface area (Å²) in [5.74, 6) is -0.461. The van der Waals surface area contributed by atoms with Crippen LogP contribution in [0, 0.1) is 0 Å². The van der Waals surface area contributed by atoms with E-state index in [1.807, 2.05) is 0 Å². The Morgan fingerprint density at radius 3 is 2.50 bits per heavy atom. The normalized spacial score (nSPS) is 12.0. The number of rotatable bonds is 9. The molecule has 0 aliphatic carbocycles. The molecule has 0 saturated carbocycles. The second-order valence-electron chi connectivity index (χ2n) is 5.43. The van der Waals surface area contributed by atoms with Crippen molar-refractivity contribution in [1.82, 2.24) is 14.1 Å². The van der Waals surface area contributed by atoms with Crippen molar-refractivity contribution < 1.29 is 17.9 Å². The first kappa shape index (κ1) is 19.9. The van der Waals surface area contributed by atoms with Crippen LogP contribution < -0.4 is 0 Å². The molecule has 140 valence electrons. The van der Waals surface area contributed by atoms with Gasteiger partial charge in [-0.3, -0.25) is 4.68 Å². The lowest BCUT2D eigenvalue weighted by molar-refractivity contribution is -0.138. The number of carbonyl (C=O) groups excluding carboxylic acids is 1. The molecule has 0 radical (unpaired) electrons. The van der Waals surface area contributed by atoms with Crippen LogP contribution in [-0.4, -0.2) is 48.2 Å². The predicted molar refractivity (Wildman–Crippen MR) is 98.8 cm³/mol. The van der Waals surface area contributed by atoms with Crippen LogP contribution >= 0.6 is 0 Å². The molecule has 1 aromatic heterocycles. The van der Waals surface area contributed by atoms with E-state index >= 15 is 0 Å². The molecule has 1 heterocycles. The number of benzene rings is 1. The van der Waals surface area contributed by atoms with Gasteiger partial charge in [-0.15, -0.1) is 0 Å². The molecule has 0 bridgehead atoms. The molecule has 8 heteroatoms. The number of carbonyl (C=O) groups is 1. The first-order valence-electron chi connectivity index (χ1n) is 8.39. The van der Waals surface area contributed by atoms with Gasteiger partial charge in [-0.25, -0.2) is 13.2 Å². The first-order valence-corrected chi connectivity index (χ1v) is 9.84. The molecule has 0 amide bonds. The molecule has 2 aromatic rings. The Morgan fingerprint density at radius 1 is 1.23 bits per heavy atom. The Morgan fingerprint density at radius 2 is 1.92 bits per heavy atom. The summed E-state index contributed by atoms with van der Waals surface area (Å²) >= 11 is 0. The number of esters is 1. The summed E-state index contributed by atoms with van der Waals surface area (Å²) in [6.45, 7) is 5.17. The second kappa shape index (κ2) is 9.30. The van der Waals surface area contributed by atoms with E-state index in [9.17, 15) is 13.2 Å². The van der Waals surface area contributed by atoms with Crippen LogP contribution in [0.5, 0.6) is 0 Å². The summed E-state index contributed by atoms with van der Waals surface area (Å²) in [6.07, 6.45) is 6.35. The lowest BCUT2D eigenvalue weighted by atomic mass is 10.2. The van der Waals surface area contributed by atoms with Crippen molar-refractivity contribution >= 4 is 22.1 Å². The molecule has 0 atom stereocenters. The highest BCUT2D eigenvalue weighted by molar-refractivity contribution is 7.89. The number of hydrogen-bond donors (Lipinski definition) is 0. The minimum atomic E-state index is -3.47. The highest BCUT2D eigenvalue weighted by Crippen LogP contribution is 2.16. The van der Waals surface area contributed by atoms with Crippen LogP contribution in [0.1, 0.15) is 19.4 Å². The zero-order valence-electron chi connectivity index (χ0n) is 14.9. The minimum absolute atomic E-state index is 0.228. The minimum Gasteiger partial charge on any atom is -0.461 e. The fraction of sp³-hybridized carbons (Fsp3) is 0.333. The number of aromatic nitrogens is 2. The molecule has 0 aliphatic heterocycles. The maximum absolute atomic E-state index is 12.4. The zero-order chi connectivity index (χ0) is 19.0. The van der Waals surface area contributed by atoms with Gasteiger partial charge in [0, 0.05) is 31.6 Å². The lowest BCUT2D eigenvalue weighted by Crippen LogP contribution is -2.30. The largest absolute Gasteiger partial charge is 0.461 e. The highest BCUT2D eigenvalue weighted by Gasteiger charge is 2.20. The molecule has 0 N–H and O–H groups in total. The average Bonchev–Trinajstić information content (AvgIpc) is 3.14. The molecule has 0 fully saturated rings. The summed E-state index contributed by atoms with van der Waals surface area (Å²) in [6, 6.07) is 8.19. The van der Waals surface area contributed by atoms with E-state index in [0.29, 0.717) is 25.2 Å². The van der Waals surface area contributed by atoms with Crippen molar-refractivity contribution in [3.05, 3.63) is 54.4 Å². The van der Waals surface area contributed by atoms with Crippen molar-refractivity contribution in [2.24, 2.45) is 0 Å². The molecule has 0 spiro atoms. The van der Waals surface area contributed by atoms with Crippen LogP contribution in [0.2, 0.25) is 0 Å². The summed E-state index contributed by atoms with van der Waals surface area (Å²) < 4.78 is 33.0. The van der Waals surface area contributed by atoms with Gasteiger partial charge in [0.2, 0.25) is 10.0 Å². The maximum Gasteiger partial charge on any atom is 0.330 e. The topological polar surface area (TPSA) is 81.5 Å². The monoisotopic (exact) mass is 377 g/mol. The fourth-order valence-electron chi connectivity index (χ4n) is 2.35. The summed E-state index contributed by atoms with van der Waals surface area (Å²) in [4.78, 5) is 11.9. The van der Waals surface area contributed by atoms with E-state index in [4.69, 9.17) is 4.74 Å². The molecule has 2 rings (SSSR count). The first-order chi connectivity index (χ1) is 12.5. The number of ether oxygens (including phenoxy) is 1. The predicted octanol–water partition coefficient (Wildman–Crippen LogP) is 2.17. The van der Waals surface area contributed by atoms with Crippen LogP contribution in [-0.2, 0) is 26.1 Å². The van der Waals surface area contributed by atoms with Crippen molar-refractivity contribution in [2.45, 2.75) is 25.3 Å².